The molecule has 0 atom stereocenters. The van der Waals surface area contributed by atoms with Crippen molar-refractivity contribution in [2.75, 3.05) is 12.4 Å². The molecule has 0 unspecified atom stereocenters. The van der Waals surface area contributed by atoms with Gasteiger partial charge in [-0.1, -0.05) is 35.3 Å². The Morgan fingerprint density at radius 1 is 0.850 bits per heavy atom. The minimum Gasteiger partial charge on any atom is -0.388 e. The van der Waals surface area contributed by atoms with Crippen molar-refractivity contribution < 1.29 is 9.59 Å². The van der Waals surface area contributed by atoms with E-state index in [2.05, 4.69) is 5.32 Å². The van der Waals surface area contributed by atoms with Gasteiger partial charge < -0.3 is 5.32 Å². The van der Waals surface area contributed by atoms with E-state index in [9.17, 15) is 9.59 Å². The molecule has 100 valence electrons. The van der Waals surface area contributed by atoms with Crippen molar-refractivity contribution in [3.8, 4) is 0 Å². The molecule has 1 N–H and O–H groups in total. The summed E-state index contributed by atoms with van der Waals surface area (Å²) in [7, 11) is 1.70. The Balaban J connectivity index is 2.40. The third-order valence-electron chi connectivity index (χ3n) is 3.36. The maximum atomic E-state index is 12.7. The smallest absolute Gasteiger partial charge is 0.198 e. The summed E-state index contributed by atoms with van der Waals surface area (Å²) in [4.78, 5) is 25.2. The summed E-state index contributed by atoms with van der Waals surface area (Å²) >= 11 is 12.2. The summed E-state index contributed by atoms with van der Waals surface area (Å²) in [6.45, 7) is 0. The monoisotopic (exact) mass is 305 g/mol. The number of fused-ring (bicyclic) bond motifs is 2. The van der Waals surface area contributed by atoms with Gasteiger partial charge in [0.05, 0.1) is 26.7 Å². The van der Waals surface area contributed by atoms with Crippen LogP contribution in [0.25, 0.3) is 0 Å². The van der Waals surface area contributed by atoms with Crippen molar-refractivity contribution in [1.82, 2.24) is 0 Å². The largest absolute Gasteiger partial charge is 0.388 e. The number of carbonyl (C=O) groups excluding carboxylic acids is 2. The molecule has 0 spiro atoms. The van der Waals surface area contributed by atoms with E-state index in [-0.39, 0.29) is 32.7 Å². The highest BCUT2D eigenvalue weighted by molar-refractivity contribution is 6.43. The minimum atomic E-state index is -0.285. The highest BCUT2D eigenvalue weighted by atomic mass is 35.5. The fraction of sp³-hybridized carbons (Fsp3) is 0.0667. The Bertz CT molecular complexity index is 769. The van der Waals surface area contributed by atoms with Gasteiger partial charge in [0.1, 0.15) is 0 Å². The third-order valence-corrected chi connectivity index (χ3v) is 3.99. The van der Waals surface area contributed by atoms with Gasteiger partial charge in [-0.3, -0.25) is 9.59 Å². The average Bonchev–Trinajstić information content (AvgIpc) is 2.46. The van der Waals surface area contributed by atoms with Crippen LogP contribution in [0.15, 0.2) is 30.3 Å². The molecule has 0 fully saturated rings. The van der Waals surface area contributed by atoms with Gasteiger partial charge in [0.2, 0.25) is 0 Å². The lowest BCUT2D eigenvalue weighted by Crippen LogP contribution is -2.23. The SMILES string of the molecule is CNc1cccc2c1C(=O)c1c(Cl)ccc(Cl)c1C2=O. The third kappa shape index (κ3) is 1.67. The Hall–Kier alpha value is -1.84. The fourth-order valence-electron chi connectivity index (χ4n) is 2.45. The van der Waals surface area contributed by atoms with Crippen molar-refractivity contribution >= 4 is 40.5 Å². The topological polar surface area (TPSA) is 46.2 Å². The second kappa shape index (κ2) is 4.62. The van der Waals surface area contributed by atoms with Crippen LogP contribution in [0.1, 0.15) is 31.8 Å². The summed E-state index contributed by atoms with van der Waals surface area (Å²) in [5, 5.41) is 3.40. The molecule has 1 aliphatic carbocycles. The van der Waals surface area contributed by atoms with E-state index < -0.39 is 0 Å². The summed E-state index contributed by atoms with van der Waals surface area (Å²) < 4.78 is 0. The molecule has 0 heterocycles. The number of ketones is 2. The lowest BCUT2D eigenvalue weighted by molar-refractivity contribution is 0.0980. The average molecular weight is 306 g/mol. The number of nitrogens with one attached hydrogen (secondary N) is 1. The van der Waals surface area contributed by atoms with Gasteiger partial charge in [0.15, 0.2) is 11.6 Å². The minimum absolute atomic E-state index is 0.180. The van der Waals surface area contributed by atoms with Crippen LogP contribution in [0.5, 0.6) is 0 Å². The van der Waals surface area contributed by atoms with Crippen LogP contribution >= 0.6 is 23.2 Å². The Morgan fingerprint density at radius 2 is 1.45 bits per heavy atom. The van der Waals surface area contributed by atoms with Crippen molar-refractivity contribution in [3.05, 3.63) is 62.6 Å². The van der Waals surface area contributed by atoms with Gasteiger partial charge in [-0.25, -0.2) is 0 Å². The van der Waals surface area contributed by atoms with Crippen LogP contribution < -0.4 is 5.32 Å². The fourth-order valence-corrected chi connectivity index (χ4v) is 2.94. The van der Waals surface area contributed by atoms with Gasteiger partial charge in [-0.2, -0.15) is 0 Å². The number of rotatable bonds is 1. The maximum absolute atomic E-state index is 12.7. The molecule has 2 aromatic rings. The number of anilines is 1. The van der Waals surface area contributed by atoms with E-state index in [1.165, 1.54) is 12.1 Å². The Labute approximate surface area is 125 Å². The number of benzene rings is 2. The van der Waals surface area contributed by atoms with Crippen molar-refractivity contribution in [2.24, 2.45) is 0 Å². The Kier molecular flexibility index (Phi) is 3.04. The molecule has 0 saturated carbocycles. The molecule has 20 heavy (non-hydrogen) atoms. The highest BCUT2D eigenvalue weighted by Crippen LogP contribution is 2.38. The van der Waals surface area contributed by atoms with Gasteiger partial charge in [0, 0.05) is 18.3 Å². The van der Waals surface area contributed by atoms with Gasteiger partial charge in [-0.15, -0.1) is 0 Å². The number of hydrogen-bond acceptors (Lipinski definition) is 3. The van der Waals surface area contributed by atoms with Crippen LogP contribution in [-0.2, 0) is 0 Å². The molecule has 2 aromatic carbocycles. The van der Waals surface area contributed by atoms with E-state index in [0.717, 1.165) is 0 Å². The van der Waals surface area contributed by atoms with Gasteiger partial charge >= 0.3 is 0 Å². The summed E-state index contributed by atoms with van der Waals surface area (Å²) in [5.41, 5.74) is 1.65. The second-order valence-corrected chi connectivity index (χ2v) is 5.23. The normalized spacial score (nSPS) is 12.9. The maximum Gasteiger partial charge on any atom is 0.198 e. The van der Waals surface area contributed by atoms with Crippen molar-refractivity contribution in [1.29, 1.82) is 0 Å². The first-order valence-corrected chi connectivity index (χ1v) is 6.70. The molecule has 0 aromatic heterocycles. The quantitative estimate of drug-likeness (QED) is 0.743. The summed E-state index contributed by atoms with van der Waals surface area (Å²) in [5.74, 6) is -0.564. The van der Waals surface area contributed by atoms with Crippen LogP contribution in [0.4, 0.5) is 5.69 Å². The lowest BCUT2D eigenvalue weighted by Gasteiger charge is -2.21. The van der Waals surface area contributed by atoms with Gasteiger partial charge in [0.25, 0.3) is 0 Å². The first-order valence-electron chi connectivity index (χ1n) is 5.94. The molecule has 0 radical (unpaired) electrons. The molecule has 3 nitrogen and oxygen atoms in total. The van der Waals surface area contributed by atoms with E-state index in [4.69, 9.17) is 23.2 Å². The Morgan fingerprint density at radius 3 is 2.05 bits per heavy atom. The van der Waals surface area contributed by atoms with Crippen molar-refractivity contribution in [2.45, 2.75) is 0 Å². The summed E-state index contributed by atoms with van der Waals surface area (Å²) in [6.07, 6.45) is 0. The van der Waals surface area contributed by atoms with Crippen LogP contribution in [0.3, 0.4) is 0 Å². The van der Waals surface area contributed by atoms with Gasteiger partial charge in [-0.05, 0) is 18.2 Å². The standard InChI is InChI=1S/C15H9Cl2NO2/c1-18-10-4-2-3-7-11(10)15(20)13-9(17)6-5-8(16)12(13)14(7)19/h2-6,18H,1H3. The summed E-state index contributed by atoms with van der Waals surface area (Å²) in [6, 6.07) is 8.14. The number of halogens is 2. The second-order valence-electron chi connectivity index (χ2n) is 4.42. The molecule has 0 saturated heterocycles. The predicted molar refractivity (Wildman–Crippen MR) is 79.3 cm³/mol. The lowest BCUT2D eigenvalue weighted by atomic mass is 9.83. The predicted octanol–water partition coefficient (Wildman–Crippen LogP) is 3.81. The van der Waals surface area contributed by atoms with Crippen LogP contribution in [0, 0.1) is 0 Å². The molecular weight excluding hydrogens is 297 g/mol. The first kappa shape index (κ1) is 13.2. The molecule has 0 bridgehead atoms. The zero-order valence-electron chi connectivity index (χ0n) is 10.5. The van der Waals surface area contributed by atoms with E-state index in [0.29, 0.717) is 16.8 Å². The first-order chi connectivity index (χ1) is 9.56. The van der Waals surface area contributed by atoms with E-state index in [1.807, 2.05) is 0 Å². The molecular formula is C15H9Cl2NO2. The van der Waals surface area contributed by atoms with Crippen molar-refractivity contribution in [3.63, 3.8) is 0 Å². The number of carbonyl (C=O) groups is 2. The molecule has 5 heteroatoms. The van der Waals surface area contributed by atoms with Crippen LogP contribution in [-0.4, -0.2) is 18.6 Å². The molecule has 3 rings (SSSR count). The molecule has 1 aliphatic rings. The zero-order chi connectivity index (χ0) is 14.4. The molecule has 0 aliphatic heterocycles. The van der Waals surface area contributed by atoms with Crippen LogP contribution in [0.2, 0.25) is 10.0 Å². The van der Waals surface area contributed by atoms with E-state index in [1.54, 1.807) is 25.2 Å². The highest BCUT2D eigenvalue weighted by Gasteiger charge is 2.34. The molecule has 0 amide bonds. The van der Waals surface area contributed by atoms with E-state index >= 15 is 0 Å². The number of hydrogen-bond donors (Lipinski definition) is 1. The zero-order valence-corrected chi connectivity index (χ0v) is 12.0.